The van der Waals surface area contributed by atoms with Crippen LogP contribution in [0.1, 0.15) is 34.2 Å². The summed E-state index contributed by atoms with van der Waals surface area (Å²) in [6, 6.07) is 39.6. The summed E-state index contributed by atoms with van der Waals surface area (Å²) in [5.41, 5.74) is 14.2. The second-order valence-electron chi connectivity index (χ2n) is 10.7. The van der Waals surface area contributed by atoms with Crippen LogP contribution in [0.15, 0.2) is 109 Å². The maximum Gasteiger partial charge on any atom is 0.0482 e. The van der Waals surface area contributed by atoms with Crippen molar-refractivity contribution in [1.29, 1.82) is 0 Å². The Balaban J connectivity index is 1.55. The van der Waals surface area contributed by atoms with Crippen LogP contribution in [0, 0.1) is 41.5 Å². The van der Waals surface area contributed by atoms with E-state index in [9.17, 15) is 0 Å². The highest BCUT2D eigenvalue weighted by molar-refractivity contribution is 5.79. The number of hydrogen-bond acceptors (Lipinski definition) is 1. The van der Waals surface area contributed by atoms with Crippen LogP contribution in [-0.4, -0.2) is 13.7 Å². The van der Waals surface area contributed by atoms with Crippen LogP contribution in [0.5, 0.6) is 0 Å². The van der Waals surface area contributed by atoms with Gasteiger partial charge in [0.1, 0.15) is 0 Å². The second kappa shape index (κ2) is 10.1. The summed E-state index contributed by atoms with van der Waals surface area (Å²) in [6.45, 7) is 13.0. The molecule has 0 bridgehead atoms. The lowest BCUT2D eigenvalue weighted by molar-refractivity contribution is 0.961. The molecule has 0 saturated carbocycles. The molecule has 0 N–H and O–H groups in total. The highest BCUT2D eigenvalue weighted by Gasteiger charge is 2.17. The van der Waals surface area contributed by atoms with Gasteiger partial charge in [-0.2, -0.15) is 0 Å². The van der Waals surface area contributed by atoms with Crippen LogP contribution in [0.4, 0.5) is 17.1 Å². The van der Waals surface area contributed by atoms with Gasteiger partial charge in [0.15, 0.2) is 0 Å². The topological polar surface area (TPSA) is 18.0 Å². The Bertz CT molecular complexity index is 1560. The molecule has 3 aromatic carbocycles. The van der Waals surface area contributed by atoms with Crippen molar-refractivity contribution in [3.63, 3.8) is 0 Å². The highest BCUT2D eigenvalue weighted by Crippen LogP contribution is 2.38. The molecule has 0 saturated heterocycles. The molecule has 0 aliphatic rings. The van der Waals surface area contributed by atoms with E-state index in [0.29, 0.717) is 0 Å². The Kier molecular flexibility index (Phi) is 6.47. The minimum Gasteiger partial charge on any atom is -0.318 e. The largest absolute Gasteiger partial charge is 0.318 e. The third-order valence-corrected chi connectivity index (χ3v) is 7.85. The molecule has 0 aliphatic carbocycles. The normalized spacial score (nSPS) is 11.2. The maximum atomic E-state index is 2.37. The first-order chi connectivity index (χ1) is 19.3. The van der Waals surface area contributed by atoms with Crippen molar-refractivity contribution in [3.8, 4) is 17.1 Å². The van der Waals surface area contributed by atoms with Gasteiger partial charge >= 0.3 is 0 Å². The summed E-state index contributed by atoms with van der Waals surface area (Å²) < 4.78 is 6.94. The molecule has 0 radical (unpaired) electrons. The van der Waals surface area contributed by atoms with Crippen LogP contribution < -0.4 is 4.90 Å². The van der Waals surface area contributed by atoms with E-state index in [1.54, 1.807) is 0 Å². The molecule has 200 valence electrons. The summed E-state index contributed by atoms with van der Waals surface area (Å²) in [4.78, 5) is 2.37. The summed E-state index contributed by atoms with van der Waals surface area (Å²) in [7, 11) is 0. The summed E-state index contributed by atoms with van der Waals surface area (Å²) in [5, 5.41) is 0. The number of aryl methyl sites for hydroxylation is 6. The SMILES string of the molecule is Cc1ccc(C)n1-c1cccc(N(c2cccc(-n3c(C)ccc3C)c2)c2cccc(-n3c(C)ccc3C)c2)c1. The van der Waals surface area contributed by atoms with Crippen molar-refractivity contribution >= 4 is 17.1 Å². The molecule has 4 heteroatoms. The fourth-order valence-corrected chi connectivity index (χ4v) is 5.99. The monoisotopic (exact) mass is 524 g/mol. The Hall–Kier alpha value is -4.70. The van der Waals surface area contributed by atoms with Crippen LogP contribution in [-0.2, 0) is 0 Å². The fraction of sp³-hybridized carbons (Fsp3) is 0.167. The van der Waals surface area contributed by atoms with Crippen LogP contribution in [0.2, 0.25) is 0 Å². The van der Waals surface area contributed by atoms with E-state index in [2.05, 4.69) is 169 Å². The lowest BCUT2D eigenvalue weighted by Crippen LogP contribution is -2.12. The summed E-state index contributed by atoms with van der Waals surface area (Å²) in [6.07, 6.45) is 0. The van der Waals surface area contributed by atoms with Gasteiger partial charge in [-0.15, -0.1) is 0 Å². The zero-order valence-electron chi connectivity index (χ0n) is 24.2. The van der Waals surface area contributed by atoms with Gasteiger partial charge in [-0.1, -0.05) is 18.2 Å². The van der Waals surface area contributed by atoms with E-state index in [-0.39, 0.29) is 0 Å². The predicted octanol–water partition coefficient (Wildman–Crippen LogP) is 9.38. The van der Waals surface area contributed by atoms with Gasteiger partial charge in [-0.3, -0.25) is 0 Å². The van der Waals surface area contributed by atoms with Crippen LogP contribution in [0.25, 0.3) is 17.1 Å². The Morgan fingerprint density at radius 1 is 0.350 bits per heavy atom. The van der Waals surface area contributed by atoms with Gasteiger partial charge in [-0.25, -0.2) is 0 Å². The Morgan fingerprint density at radius 2 is 0.600 bits per heavy atom. The molecule has 0 spiro atoms. The fourth-order valence-electron chi connectivity index (χ4n) is 5.99. The third kappa shape index (κ3) is 4.46. The van der Waals surface area contributed by atoms with Gasteiger partial charge in [0.05, 0.1) is 0 Å². The second-order valence-corrected chi connectivity index (χ2v) is 10.7. The number of aromatic nitrogens is 3. The number of benzene rings is 3. The van der Waals surface area contributed by atoms with Crippen molar-refractivity contribution in [3.05, 3.63) is 143 Å². The predicted molar refractivity (Wildman–Crippen MR) is 168 cm³/mol. The zero-order chi connectivity index (χ0) is 28.0. The smallest absolute Gasteiger partial charge is 0.0482 e. The summed E-state index contributed by atoms with van der Waals surface area (Å²) in [5.74, 6) is 0. The third-order valence-electron chi connectivity index (χ3n) is 7.85. The molecule has 3 heterocycles. The molecule has 0 amide bonds. The Morgan fingerprint density at radius 3 is 0.850 bits per heavy atom. The zero-order valence-corrected chi connectivity index (χ0v) is 24.2. The van der Waals surface area contributed by atoms with Gasteiger partial charge in [0, 0.05) is 68.3 Å². The highest BCUT2D eigenvalue weighted by atomic mass is 15.2. The maximum absolute atomic E-state index is 2.37. The molecule has 0 unspecified atom stereocenters. The average molecular weight is 525 g/mol. The molecule has 0 fully saturated rings. The Labute approximate surface area is 237 Å². The lowest BCUT2D eigenvalue weighted by atomic mass is 10.1. The first-order valence-corrected chi connectivity index (χ1v) is 13.9. The van der Waals surface area contributed by atoms with Gasteiger partial charge in [0.25, 0.3) is 0 Å². The van der Waals surface area contributed by atoms with E-state index in [0.717, 1.165) is 34.1 Å². The quantitative estimate of drug-likeness (QED) is 0.212. The van der Waals surface area contributed by atoms with Gasteiger partial charge in [-0.05, 0) is 133 Å². The van der Waals surface area contributed by atoms with Crippen molar-refractivity contribution in [2.75, 3.05) is 4.90 Å². The molecule has 0 aliphatic heterocycles. The van der Waals surface area contributed by atoms with Crippen molar-refractivity contribution in [1.82, 2.24) is 13.7 Å². The van der Waals surface area contributed by atoms with E-state index in [4.69, 9.17) is 0 Å². The number of hydrogen-bond donors (Lipinski definition) is 0. The molecule has 3 aromatic heterocycles. The van der Waals surface area contributed by atoms with Crippen molar-refractivity contribution < 1.29 is 0 Å². The molecule has 40 heavy (non-hydrogen) atoms. The number of anilines is 3. The van der Waals surface area contributed by atoms with Gasteiger partial charge < -0.3 is 18.6 Å². The molecule has 6 rings (SSSR count). The first kappa shape index (κ1) is 25.6. The number of nitrogens with zero attached hydrogens (tertiary/aromatic N) is 4. The molecule has 4 nitrogen and oxygen atoms in total. The molecule has 6 aromatic rings. The van der Waals surface area contributed by atoms with E-state index in [1.807, 2.05) is 0 Å². The van der Waals surface area contributed by atoms with Crippen LogP contribution in [0.3, 0.4) is 0 Å². The standard InChI is InChI=1S/C36H36N4/c1-25-16-17-26(2)37(25)31-10-7-13-34(22-31)40(35-14-8-11-32(23-35)38-27(3)18-19-28(38)4)36-15-9-12-33(24-36)39-29(5)20-21-30(39)6/h7-24H,1-6H3. The lowest BCUT2D eigenvalue weighted by Gasteiger charge is -2.28. The number of rotatable bonds is 6. The van der Waals surface area contributed by atoms with Crippen molar-refractivity contribution in [2.45, 2.75) is 41.5 Å². The average Bonchev–Trinajstić information content (AvgIpc) is 3.59. The van der Waals surface area contributed by atoms with Gasteiger partial charge in [0.2, 0.25) is 0 Å². The summed E-state index contributed by atoms with van der Waals surface area (Å²) >= 11 is 0. The first-order valence-electron chi connectivity index (χ1n) is 13.9. The minimum absolute atomic E-state index is 1.11. The molecule has 0 atom stereocenters. The van der Waals surface area contributed by atoms with E-state index < -0.39 is 0 Å². The van der Waals surface area contributed by atoms with Crippen molar-refractivity contribution in [2.24, 2.45) is 0 Å². The van der Waals surface area contributed by atoms with Crippen LogP contribution >= 0.6 is 0 Å². The molecular formula is C36H36N4. The molecular weight excluding hydrogens is 488 g/mol. The van der Waals surface area contributed by atoms with E-state index >= 15 is 0 Å². The van der Waals surface area contributed by atoms with E-state index in [1.165, 1.54) is 34.2 Å². The minimum atomic E-state index is 1.11.